The van der Waals surface area contributed by atoms with Gasteiger partial charge in [-0.15, -0.1) is 0 Å². The number of piperazine rings is 1. The molecule has 0 bridgehead atoms. The van der Waals surface area contributed by atoms with E-state index in [1.54, 1.807) is 6.92 Å². The fraction of sp³-hybridized carbons (Fsp3) is 0.800. The van der Waals surface area contributed by atoms with E-state index in [0.29, 0.717) is 6.42 Å². The van der Waals surface area contributed by atoms with E-state index in [2.05, 4.69) is 10.6 Å². The summed E-state index contributed by atoms with van der Waals surface area (Å²) in [5.74, 6) is -1.19. The largest absolute Gasteiger partial charge is 0.480 e. The van der Waals surface area contributed by atoms with Gasteiger partial charge in [0.1, 0.15) is 6.04 Å². The standard InChI is InChI=1S/C10H19N3O3/c1-2-8(10(15)16)12-9(14)7-13-5-3-11-4-6-13/h8,11H,2-7H2,1H3,(H,12,14)(H,15,16)/t8-/m1/s1. The number of rotatable bonds is 5. The van der Waals surface area contributed by atoms with Gasteiger partial charge in [-0.05, 0) is 6.42 Å². The Bertz CT molecular complexity index is 252. The molecule has 92 valence electrons. The van der Waals surface area contributed by atoms with E-state index in [9.17, 15) is 9.59 Å². The van der Waals surface area contributed by atoms with Crippen molar-refractivity contribution in [1.82, 2.24) is 15.5 Å². The summed E-state index contributed by atoms with van der Waals surface area (Å²) in [5.41, 5.74) is 0. The molecule has 0 aromatic heterocycles. The monoisotopic (exact) mass is 229 g/mol. The fourth-order valence-corrected chi connectivity index (χ4v) is 1.65. The van der Waals surface area contributed by atoms with Crippen LogP contribution in [0.2, 0.25) is 0 Å². The summed E-state index contributed by atoms with van der Waals surface area (Å²) in [7, 11) is 0. The zero-order valence-electron chi connectivity index (χ0n) is 9.53. The minimum absolute atomic E-state index is 0.212. The van der Waals surface area contributed by atoms with Crippen molar-refractivity contribution < 1.29 is 14.7 Å². The molecule has 0 saturated carbocycles. The molecule has 1 heterocycles. The van der Waals surface area contributed by atoms with E-state index in [1.165, 1.54) is 0 Å². The molecule has 1 atom stereocenters. The summed E-state index contributed by atoms with van der Waals surface area (Å²) >= 11 is 0. The Labute approximate surface area is 95.0 Å². The van der Waals surface area contributed by atoms with Crippen molar-refractivity contribution in [2.75, 3.05) is 32.7 Å². The van der Waals surface area contributed by atoms with E-state index >= 15 is 0 Å². The Morgan fingerprint density at radius 1 is 1.44 bits per heavy atom. The highest BCUT2D eigenvalue weighted by Crippen LogP contribution is 1.94. The highest BCUT2D eigenvalue weighted by molar-refractivity contribution is 5.84. The fourth-order valence-electron chi connectivity index (χ4n) is 1.65. The van der Waals surface area contributed by atoms with E-state index in [0.717, 1.165) is 26.2 Å². The van der Waals surface area contributed by atoms with E-state index in [4.69, 9.17) is 5.11 Å². The van der Waals surface area contributed by atoms with Crippen LogP contribution in [0.25, 0.3) is 0 Å². The van der Waals surface area contributed by atoms with Gasteiger partial charge in [0.15, 0.2) is 0 Å². The predicted molar refractivity (Wildman–Crippen MR) is 59.2 cm³/mol. The topological polar surface area (TPSA) is 81.7 Å². The third-order valence-electron chi connectivity index (χ3n) is 2.62. The molecule has 1 aliphatic rings. The molecule has 0 aromatic carbocycles. The number of hydrogen-bond acceptors (Lipinski definition) is 4. The Hall–Kier alpha value is -1.14. The first-order valence-corrected chi connectivity index (χ1v) is 5.58. The third-order valence-corrected chi connectivity index (χ3v) is 2.62. The summed E-state index contributed by atoms with van der Waals surface area (Å²) in [4.78, 5) is 24.3. The molecule has 0 radical (unpaired) electrons. The lowest BCUT2D eigenvalue weighted by Crippen LogP contribution is -2.50. The van der Waals surface area contributed by atoms with Crippen molar-refractivity contribution in [2.24, 2.45) is 0 Å². The quantitative estimate of drug-likeness (QED) is 0.556. The van der Waals surface area contributed by atoms with Gasteiger partial charge in [-0.2, -0.15) is 0 Å². The van der Waals surface area contributed by atoms with Gasteiger partial charge in [0.2, 0.25) is 5.91 Å². The highest BCUT2D eigenvalue weighted by atomic mass is 16.4. The molecule has 6 nitrogen and oxygen atoms in total. The van der Waals surface area contributed by atoms with Crippen LogP contribution in [-0.2, 0) is 9.59 Å². The average molecular weight is 229 g/mol. The van der Waals surface area contributed by atoms with Gasteiger partial charge in [-0.3, -0.25) is 9.69 Å². The third kappa shape index (κ3) is 4.16. The normalized spacial score (nSPS) is 19.1. The Balaban J connectivity index is 2.31. The number of hydrogen-bond donors (Lipinski definition) is 3. The molecule has 16 heavy (non-hydrogen) atoms. The minimum Gasteiger partial charge on any atom is -0.480 e. The first-order valence-electron chi connectivity index (χ1n) is 5.58. The van der Waals surface area contributed by atoms with Crippen LogP contribution in [0.5, 0.6) is 0 Å². The van der Waals surface area contributed by atoms with Gasteiger partial charge in [-0.1, -0.05) is 6.92 Å². The maximum Gasteiger partial charge on any atom is 0.326 e. The predicted octanol–water partition coefficient (Wildman–Crippen LogP) is -1.13. The zero-order valence-corrected chi connectivity index (χ0v) is 9.53. The molecular formula is C10H19N3O3. The van der Waals surface area contributed by atoms with Gasteiger partial charge in [-0.25, -0.2) is 4.79 Å². The molecule has 0 aromatic rings. The number of carboxylic acids is 1. The van der Waals surface area contributed by atoms with Gasteiger partial charge in [0.25, 0.3) is 0 Å². The van der Waals surface area contributed by atoms with Gasteiger partial charge in [0, 0.05) is 26.2 Å². The molecule has 0 aliphatic carbocycles. The Morgan fingerprint density at radius 3 is 2.56 bits per heavy atom. The van der Waals surface area contributed by atoms with Crippen molar-refractivity contribution in [2.45, 2.75) is 19.4 Å². The zero-order chi connectivity index (χ0) is 12.0. The molecule has 3 N–H and O–H groups in total. The van der Waals surface area contributed by atoms with Crippen molar-refractivity contribution in [1.29, 1.82) is 0 Å². The van der Waals surface area contributed by atoms with Crippen LogP contribution in [0.3, 0.4) is 0 Å². The maximum atomic E-state index is 11.5. The summed E-state index contributed by atoms with van der Waals surface area (Å²) in [6, 6.07) is -0.768. The summed E-state index contributed by atoms with van der Waals surface area (Å²) in [5, 5.41) is 14.5. The van der Waals surface area contributed by atoms with Crippen LogP contribution in [0.1, 0.15) is 13.3 Å². The maximum absolute atomic E-state index is 11.5. The van der Waals surface area contributed by atoms with Crippen molar-refractivity contribution in [3.63, 3.8) is 0 Å². The lowest BCUT2D eigenvalue weighted by atomic mass is 10.2. The van der Waals surface area contributed by atoms with Crippen molar-refractivity contribution in [3.8, 4) is 0 Å². The van der Waals surface area contributed by atoms with Crippen LogP contribution in [0.15, 0.2) is 0 Å². The van der Waals surface area contributed by atoms with E-state index in [1.807, 2.05) is 4.90 Å². The number of nitrogens with zero attached hydrogens (tertiary/aromatic N) is 1. The van der Waals surface area contributed by atoms with Crippen LogP contribution >= 0.6 is 0 Å². The van der Waals surface area contributed by atoms with Crippen LogP contribution in [0, 0.1) is 0 Å². The van der Waals surface area contributed by atoms with E-state index in [-0.39, 0.29) is 12.5 Å². The second-order valence-corrected chi connectivity index (χ2v) is 3.89. The molecule has 1 rings (SSSR count). The first kappa shape index (κ1) is 12.9. The molecule has 0 unspecified atom stereocenters. The summed E-state index contributed by atoms with van der Waals surface area (Å²) in [6.07, 6.45) is 0.405. The second kappa shape index (κ2) is 6.44. The van der Waals surface area contributed by atoms with Crippen molar-refractivity contribution >= 4 is 11.9 Å². The van der Waals surface area contributed by atoms with Gasteiger partial charge >= 0.3 is 5.97 Å². The Kier molecular flexibility index (Phi) is 5.21. The first-order chi connectivity index (χ1) is 7.63. The number of carboxylic acid groups (broad SMARTS) is 1. The smallest absolute Gasteiger partial charge is 0.326 e. The van der Waals surface area contributed by atoms with Crippen molar-refractivity contribution in [3.05, 3.63) is 0 Å². The number of nitrogens with one attached hydrogen (secondary N) is 2. The molecule has 1 aliphatic heterocycles. The van der Waals surface area contributed by atoms with Crippen LogP contribution in [0.4, 0.5) is 0 Å². The summed E-state index contributed by atoms with van der Waals surface area (Å²) in [6.45, 7) is 5.44. The van der Waals surface area contributed by atoms with Gasteiger partial charge < -0.3 is 15.7 Å². The molecule has 1 saturated heterocycles. The molecule has 1 amide bonds. The van der Waals surface area contributed by atoms with Crippen LogP contribution in [-0.4, -0.2) is 60.6 Å². The van der Waals surface area contributed by atoms with E-state index < -0.39 is 12.0 Å². The molecule has 1 fully saturated rings. The molecular weight excluding hydrogens is 210 g/mol. The lowest BCUT2D eigenvalue weighted by molar-refractivity contribution is -0.142. The Morgan fingerprint density at radius 2 is 2.06 bits per heavy atom. The number of aliphatic carboxylic acids is 1. The summed E-state index contributed by atoms with van der Waals surface area (Å²) < 4.78 is 0. The minimum atomic E-state index is -0.976. The molecule has 6 heteroatoms. The second-order valence-electron chi connectivity index (χ2n) is 3.89. The number of carbonyl (C=O) groups is 2. The van der Waals surface area contributed by atoms with Crippen LogP contribution < -0.4 is 10.6 Å². The number of carbonyl (C=O) groups excluding carboxylic acids is 1. The average Bonchev–Trinajstić information content (AvgIpc) is 2.27. The van der Waals surface area contributed by atoms with Gasteiger partial charge in [0.05, 0.1) is 6.54 Å². The highest BCUT2D eigenvalue weighted by Gasteiger charge is 2.19. The number of amides is 1. The molecule has 0 spiro atoms. The lowest BCUT2D eigenvalue weighted by Gasteiger charge is -2.26. The SMILES string of the molecule is CC[C@@H](NC(=O)CN1CCNCC1)C(=O)O.